The Labute approximate surface area is 119 Å². The standard InChI is InChI=1S/C14H19ClN2O2/c1-2-17(8-7-16)9-13(18)11-19-10-12-5-3-4-6-14(12)15/h3-6,13,18H,2,8-11H2,1H3. The molecule has 0 bridgehead atoms. The van der Waals surface area contributed by atoms with Crippen LogP contribution in [0.3, 0.4) is 0 Å². The number of nitriles is 1. The Morgan fingerprint density at radius 2 is 2.21 bits per heavy atom. The number of rotatable bonds is 8. The van der Waals surface area contributed by atoms with Gasteiger partial charge in [0.15, 0.2) is 0 Å². The van der Waals surface area contributed by atoms with Crippen LogP contribution in [0.25, 0.3) is 0 Å². The summed E-state index contributed by atoms with van der Waals surface area (Å²) < 4.78 is 5.44. The van der Waals surface area contributed by atoms with Crippen LogP contribution in [0.15, 0.2) is 24.3 Å². The quantitative estimate of drug-likeness (QED) is 0.742. The molecule has 1 aromatic rings. The fourth-order valence-electron chi connectivity index (χ4n) is 1.68. The van der Waals surface area contributed by atoms with Gasteiger partial charge in [-0.3, -0.25) is 4.90 Å². The zero-order chi connectivity index (χ0) is 14.1. The van der Waals surface area contributed by atoms with Crippen LogP contribution >= 0.6 is 11.6 Å². The number of ether oxygens (including phenoxy) is 1. The SMILES string of the molecule is CCN(CC#N)CC(O)COCc1ccccc1Cl. The van der Waals surface area contributed by atoms with Crippen molar-refractivity contribution in [3.63, 3.8) is 0 Å². The molecule has 1 rings (SSSR count). The van der Waals surface area contributed by atoms with Gasteiger partial charge in [-0.15, -0.1) is 0 Å². The van der Waals surface area contributed by atoms with Crippen molar-refractivity contribution in [3.05, 3.63) is 34.9 Å². The maximum absolute atomic E-state index is 9.82. The number of aliphatic hydroxyl groups excluding tert-OH is 1. The molecule has 1 aromatic carbocycles. The second kappa shape index (κ2) is 8.89. The maximum atomic E-state index is 9.82. The largest absolute Gasteiger partial charge is 0.389 e. The summed E-state index contributed by atoms with van der Waals surface area (Å²) in [6.45, 7) is 4.04. The lowest BCUT2D eigenvalue weighted by atomic mass is 10.2. The van der Waals surface area contributed by atoms with E-state index in [0.717, 1.165) is 12.1 Å². The highest BCUT2D eigenvalue weighted by molar-refractivity contribution is 6.31. The van der Waals surface area contributed by atoms with Crippen LogP contribution in [-0.4, -0.2) is 42.4 Å². The van der Waals surface area contributed by atoms with Gasteiger partial charge in [-0.2, -0.15) is 5.26 Å². The Hall–Kier alpha value is -1.12. The number of aliphatic hydroxyl groups is 1. The first-order chi connectivity index (χ1) is 9.17. The van der Waals surface area contributed by atoms with E-state index in [-0.39, 0.29) is 6.61 Å². The summed E-state index contributed by atoms with van der Waals surface area (Å²) in [5.41, 5.74) is 0.903. The molecule has 19 heavy (non-hydrogen) atoms. The van der Waals surface area contributed by atoms with Crippen molar-refractivity contribution in [2.45, 2.75) is 19.6 Å². The third-order valence-electron chi connectivity index (χ3n) is 2.74. The molecule has 1 atom stereocenters. The highest BCUT2D eigenvalue weighted by atomic mass is 35.5. The second-order valence-corrected chi connectivity index (χ2v) is 4.65. The van der Waals surface area contributed by atoms with Crippen molar-refractivity contribution >= 4 is 11.6 Å². The van der Waals surface area contributed by atoms with Gasteiger partial charge in [-0.1, -0.05) is 36.7 Å². The molecule has 1 N–H and O–H groups in total. The van der Waals surface area contributed by atoms with Crippen LogP contribution in [0.1, 0.15) is 12.5 Å². The minimum absolute atomic E-state index is 0.229. The first-order valence-electron chi connectivity index (χ1n) is 6.25. The molecule has 0 aliphatic carbocycles. The number of benzene rings is 1. The first kappa shape index (κ1) is 15.9. The van der Waals surface area contributed by atoms with Crippen molar-refractivity contribution < 1.29 is 9.84 Å². The lowest BCUT2D eigenvalue weighted by Gasteiger charge is -2.20. The van der Waals surface area contributed by atoms with Crippen LogP contribution < -0.4 is 0 Å². The zero-order valence-electron chi connectivity index (χ0n) is 11.1. The van der Waals surface area contributed by atoms with Crippen molar-refractivity contribution in [1.82, 2.24) is 4.90 Å². The molecule has 4 nitrogen and oxygen atoms in total. The highest BCUT2D eigenvalue weighted by Crippen LogP contribution is 2.15. The molecule has 0 spiro atoms. The van der Waals surface area contributed by atoms with Gasteiger partial charge >= 0.3 is 0 Å². The summed E-state index contributed by atoms with van der Waals surface area (Å²) in [6.07, 6.45) is -0.601. The number of nitrogens with zero attached hydrogens (tertiary/aromatic N) is 2. The maximum Gasteiger partial charge on any atom is 0.0900 e. The van der Waals surface area contributed by atoms with Crippen LogP contribution in [0.5, 0.6) is 0 Å². The van der Waals surface area contributed by atoms with E-state index in [1.54, 1.807) is 0 Å². The predicted molar refractivity (Wildman–Crippen MR) is 74.8 cm³/mol. The fraction of sp³-hybridized carbons (Fsp3) is 0.500. The molecule has 0 fully saturated rings. The monoisotopic (exact) mass is 282 g/mol. The van der Waals surface area contributed by atoms with Gasteiger partial charge in [0.25, 0.3) is 0 Å². The van der Waals surface area contributed by atoms with Gasteiger partial charge in [-0.25, -0.2) is 0 Å². The third-order valence-corrected chi connectivity index (χ3v) is 3.10. The fourth-order valence-corrected chi connectivity index (χ4v) is 1.87. The lowest BCUT2D eigenvalue weighted by molar-refractivity contribution is 0.0126. The van der Waals surface area contributed by atoms with E-state index in [1.807, 2.05) is 36.1 Å². The molecule has 0 aromatic heterocycles. The smallest absolute Gasteiger partial charge is 0.0900 e. The topological polar surface area (TPSA) is 56.5 Å². The second-order valence-electron chi connectivity index (χ2n) is 4.25. The Morgan fingerprint density at radius 3 is 2.84 bits per heavy atom. The Morgan fingerprint density at radius 1 is 1.47 bits per heavy atom. The number of likely N-dealkylation sites (N-methyl/N-ethyl adjacent to an activating group) is 1. The number of hydrogen-bond donors (Lipinski definition) is 1. The van der Waals surface area contributed by atoms with Gasteiger partial charge in [-0.05, 0) is 18.2 Å². The van der Waals surface area contributed by atoms with E-state index >= 15 is 0 Å². The average Bonchev–Trinajstić information content (AvgIpc) is 2.40. The summed E-state index contributed by atoms with van der Waals surface area (Å²) in [5.74, 6) is 0. The molecule has 104 valence electrons. The molecule has 0 saturated heterocycles. The van der Waals surface area contributed by atoms with Crippen molar-refractivity contribution in [2.75, 3.05) is 26.2 Å². The molecule has 5 heteroatoms. The molecule has 0 aliphatic heterocycles. The number of hydrogen-bond acceptors (Lipinski definition) is 4. The Bertz CT molecular complexity index is 420. The van der Waals surface area contributed by atoms with E-state index in [4.69, 9.17) is 21.6 Å². The summed E-state index contributed by atoms with van der Waals surface area (Å²) in [6, 6.07) is 9.53. The van der Waals surface area contributed by atoms with E-state index in [0.29, 0.717) is 24.7 Å². The molecule has 1 unspecified atom stereocenters. The van der Waals surface area contributed by atoms with Crippen molar-refractivity contribution in [3.8, 4) is 6.07 Å². The molecule has 0 aliphatic rings. The molecule has 0 heterocycles. The average molecular weight is 283 g/mol. The van der Waals surface area contributed by atoms with Crippen LogP contribution in [-0.2, 0) is 11.3 Å². The minimum atomic E-state index is -0.601. The van der Waals surface area contributed by atoms with Gasteiger partial charge in [0.1, 0.15) is 0 Å². The summed E-state index contributed by atoms with van der Waals surface area (Å²) in [7, 11) is 0. The molecule has 0 saturated carbocycles. The molecule has 0 radical (unpaired) electrons. The summed E-state index contributed by atoms with van der Waals surface area (Å²) in [5, 5.41) is 19.1. The number of halogens is 1. The van der Waals surface area contributed by atoms with Gasteiger partial charge in [0.2, 0.25) is 0 Å². The van der Waals surface area contributed by atoms with Gasteiger partial charge < -0.3 is 9.84 Å². The van der Waals surface area contributed by atoms with E-state index in [9.17, 15) is 5.11 Å². The summed E-state index contributed by atoms with van der Waals surface area (Å²) in [4.78, 5) is 1.86. The predicted octanol–water partition coefficient (Wildman–Crippen LogP) is 2.06. The zero-order valence-corrected chi connectivity index (χ0v) is 11.8. The normalized spacial score (nSPS) is 12.4. The van der Waals surface area contributed by atoms with Crippen LogP contribution in [0.2, 0.25) is 5.02 Å². The van der Waals surface area contributed by atoms with Crippen molar-refractivity contribution in [2.24, 2.45) is 0 Å². The highest BCUT2D eigenvalue weighted by Gasteiger charge is 2.10. The lowest BCUT2D eigenvalue weighted by Crippen LogP contribution is -2.35. The first-order valence-corrected chi connectivity index (χ1v) is 6.63. The van der Waals surface area contributed by atoms with E-state index < -0.39 is 6.10 Å². The van der Waals surface area contributed by atoms with Gasteiger partial charge in [0, 0.05) is 11.6 Å². The Kier molecular flexibility index (Phi) is 7.46. The Balaban J connectivity index is 2.29. The summed E-state index contributed by atoms with van der Waals surface area (Å²) >= 11 is 6.00. The molecule has 0 amide bonds. The van der Waals surface area contributed by atoms with E-state index in [1.165, 1.54) is 0 Å². The van der Waals surface area contributed by atoms with E-state index in [2.05, 4.69) is 6.07 Å². The molecular formula is C14H19ClN2O2. The van der Waals surface area contributed by atoms with Crippen molar-refractivity contribution in [1.29, 1.82) is 5.26 Å². The third kappa shape index (κ3) is 6.04. The minimum Gasteiger partial charge on any atom is -0.389 e. The molecular weight excluding hydrogens is 264 g/mol. The van der Waals surface area contributed by atoms with Gasteiger partial charge in [0.05, 0.1) is 31.9 Å². The van der Waals surface area contributed by atoms with Crippen LogP contribution in [0, 0.1) is 11.3 Å². The van der Waals surface area contributed by atoms with Crippen LogP contribution in [0.4, 0.5) is 0 Å².